The van der Waals surface area contributed by atoms with Gasteiger partial charge < -0.3 is 5.11 Å². The van der Waals surface area contributed by atoms with E-state index in [1.165, 1.54) is 0 Å². The van der Waals surface area contributed by atoms with Crippen molar-refractivity contribution >= 4 is 21.7 Å². The summed E-state index contributed by atoms with van der Waals surface area (Å²) in [4.78, 5) is 10.3. The molecule has 0 fully saturated rings. The van der Waals surface area contributed by atoms with Gasteiger partial charge in [0.15, 0.2) is 5.75 Å². The first-order valence-corrected chi connectivity index (χ1v) is 6.40. The van der Waals surface area contributed by atoms with Gasteiger partial charge in [0.1, 0.15) is 0 Å². The van der Waals surface area contributed by atoms with Crippen LogP contribution in [0.4, 0.5) is 5.69 Å². The first-order valence-electron chi connectivity index (χ1n) is 4.75. The second-order valence-electron chi connectivity index (χ2n) is 3.27. The summed E-state index contributed by atoms with van der Waals surface area (Å²) in [6, 6.07) is 6.89. The molecular weight excluding hydrogens is 230 g/mol. The van der Waals surface area contributed by atoms with Gasteiger partial charge in [0.2, 0.25) is 10.0 Å². The average molecular weight is 243 g/mol. The first kappa shape index (κ1) is 12.5. The summed E-state index contributed by atoms with van der Waals surface area (Å²) in [5.41, 5.74) is 1.27. The summed E-state index contributed by atoms with van der Waals surface area (Å²) in [6.45, 7) is 1.89. The Morgan fingerprint density at radius 2 is 2.00 bits per heavy atom. The van der Waals surface area contributed by atoms with Crippen molar-refractivity contribution in [2.24, 2.45) is 0 Å². The molecule has 0 atom stereocenters. The lowest BCUT2D eigenvalue weighted by Gasteiger charge is -2.09. The summed E-state index contributed by atoms with van der Waals surface area (Å²) in [5.74, 6) is -2.30. The third-order valence-electron chi connectivity index (χ3n) is 1.98. The molecule has 16 heavy (non-hydrogen) atoms. The van der Waals surface area contributed by atoms with Crippen molar-refractivity contribution < 1.29 is 18.3 Å². The molecular formula is C10H13NO4S. The zero-order valence-electron chi connectivity index (χ0n) is 8.80. The average Bonchev–Trinajstić information content (AvgIpc) is 2.15. The number of hydrogen-bond acceptors (Lipinski definition) is 3. The highest BCUT2D eigenvalue weighted by Gasteiger charge is 2.16. The van der Waals surface area contributed by atoms with Crippen LogP contribution in [0.1, 0.15) is 12.5 Å². The molecule has 0 radical (unpaired) electrons. The quantitative estimate of drug-likeness (QED) is 0.810. The number of carboxylic acids is 1. The van der Waals surface area contributed by atoms with Gasteiger partial charge in [-0.15, -0.1) is 0 Å². The van der Waals surface area contributed by atoms with Crippen LogP contribution < -0.4 is 4.72 Å². The van der Waals surface area contributed by atoms with Gasteiger partial charge in [0.25, 0.3) is 0 Å². The Morgan fingerprint density at radius 1 is 1.38 bits per heavy atom. The molecule has 0 aromatic heterocycles. The van der Waals surface area contributed by atoms with Gasteiger partial charge in [-0.1, -0.05) is 25.1 Å². The molecule has 0 spiro atoms. The smallest absolute Gasteiger partial charge is 0.320 e. The van der Waals surface area contributed by atoms with Gasteiger partial charge in [0, 0.05) is 0 Å². The topological polar surface area (TPSA) is 83.5 Å². The van der Waals surface area contributed by atoms with Crippen molar-refractivity contribution in [2.45, 2.75) is 13.3 Å². The molecule has 0 saturated carbocycles. The molecule has 0 unspecified atom stereocenters. The number of hydrogen-bond donors (Lipinski definition) is 2. The van der Waals surface area contributed by atoms with Crippen LogP contribution in [0.15, 0.2) is 24.3 Å². The Morgan fingerprint density at radius 3 is 2.56 bits per heavy atom. The van der Waals surface area contributed by atoms with E-state index >= 15 is 0 Å². The number of aryl methyl sites for hydroxylation is 1. The number of para-hydroxylation sites is 1. The summed E-state index contributed by atoms with van der Waals surface area (Å²) >= 11 is 0. The van der Waals surface area contributed by atoms with Crippen molar-refractivity contribution in [3.8, 4) is 0 Å². The second kappa shape index (κ2) is 4.98. The van der Waals surface area contributed by atoms with E-state index in [1.54, 1.807) is 24.3 Å². The fourth-order valence-corrected chi connectivity index (χ4v) is 2.23. The molecule has 0 amide bonds. The highest BCUT2D eigenvalue weighted by molar-refractivity contribution is 7.93. The maximum absolute atomic E-state index is 11.4. The van der Waals surface area contributed by atoms with Crippen LogP contribution in [-0.2, 0) is 21.2 Å². The van der Waals surface area contributed by atoms with E-state index < -0.39 is 21.7 Å². The van der Waals surface area contributed by atoms with Crippen molar-refractivity contribution in [1.82, 2.24) is 0 Å². The third-order valence-corrected chi connectivity index (χ3v) is 3.14. The van der Waals surface area contributed by atoms with Crippen molar-refractivity contribution in [3.63, 3.8) is 0 Å². The largest absolute Gasteiger partial charge is 0.480 e. The molecule has 2 N–H and O–H groups in total. The van der Waals surface area contributed by atoms with Gasteiger partial charge >= 0.3 is 5.97 Å². The molecule has 0 aliphatic heterocycles. The molecule has 0 heterocycles. The van der Waals surface area contributed by atoms with E-state index in [4.69, 9.17) is 5.11 Å². The summed E-state index contributed by atoms with van der Waals surface area (Å²) < 4.78 is 25.0. The number of benzene rings is 1. The minimum atomic E-state index is -3.82. The summed E-state index contributed by atoms with van der Waals surface area (Å²) in [5, 5.41) is 8.43. The van der Waals surface area contributed by atoms with Crippen LogP contribution in [0.2, 0.25) is 0 Å². The Hall–Kier alpha value is -1.56. The molecule has 1 aromatic rings. The SMILES string of the molecule is CCc1ccccc1NS(=O)(=O)CC(=O)O. The highest BCUT2D eigenvalue weighted by Crippen LogP contribution is 2.16. The zero-order valence-corrected chi connectivity index (χ0v) is 9.62. The molecule has 5 nitrogen and oxygen atoms in total. The molecule has 88 valence electrons. The standard InChI is InChI=1S/C10H13NO4S/c1-2-8-5-3-4-6-9(8)11-16(14,15)7-10(12)13/h3-6,11H,2,7H2,1H3,(H,12,13). The molecule has 0 bridgehead atoms. The monoisotopic (exact) mass is 243 g/mol. The highest BCUT2D eigenvalue weighted by atomic mass is 32.2. The van der Waals surface area contributed by atoms with Gasteiger partial charge in [-0.25, -0.2) is 8.42 Å². The fraction of sp³-hybridized carbons (Fsp3) is 0.300. The van der Waals surface area contributed by atoms with Gasteiger partial charge in [0.05, 0.1) is 5.69 Å². The first-order chi connectivity index (χ1) is 7.44. The van der Waals surface area contributed by atoms with Gasteiger partial charge in [-0.2, -0.15) is 0 Å². The number of aliphatic carboxylic acids is 1. The van der Waals surface area contributed by atoms with Crippen molar-refractivity contribution in [3.05, 3.63) is 29.8 Å². The van der Waals surface area contributed by atoms with Crippen LogP contribution in [0, 0.1) is 0 Å². The Labute approximate surface area is 94.2 Å². The molecule has 1 rings (SSSR count). The van der Waals surface area contributed by atoms with E-state index in [0.29, 0.717) is 12.1 Å². The minimum Gasteiger partial charge on any atom is -0.480 e. The van der Waals surface area contributed by atoms with E-state index in [2.05, 4.69) is 4.72 Å². The number of carboxylic acid groups (broad SMARTS) is 1. The van der Waals surface area contributed by atoms with Gasteiger partial charge in [-0.3, -0.25) is 9.52 Å². The van der Waals surface area contributed by atoms with Crippen LogP contribution >= 0.6 is 0 Å². The van der Waals surface area contributed by atoms with E-state index in [-0.39, 0.29) is 0 Å². The third kappa shape index (κ3) is 3.54. The van der Waals surface area contributed by atoms with Crippen LogP contribution in [0.5, 0.6) is 0 Å². The lowest BCUT2D eigenvalue weighted by molar-refractivity contribution is -0.134. The van der Waals surface area contributed by atoms with Crippen LogP contribution in [-0.4, -0.2) is 25.2 Å². The summed E-state index contributed by atoms with van der Waals surface area (Å²) in [7, 11) is -3.82. The van der Waals surface area contributed by atoms with E-state index in [9.17, 15) is 13.2 Å². The van der Waals surface area contributed by atoms with Crippen molar-refractivity contribution in [1.29, 1.82) is 0 Å². The lowest BCUT2D eigenvalue weighted by Crippen LogP contribution is -2.22. The Balaban J connectivity index is 2.92. The molecule has 1 aromatic carbocycles. The Bertz CT molecular complexity index is 481. The normalized spacial score (nSPS) is 11.1. The van der Waals surface area contributed by atoms with Crippen LogP contribution in [0.3, 0.4) is 0 Å². The maximum atomic E-state index is 11.4. The lowest BCUT2D eigenvalue weighted by atomic mass is 10.1. The Kier molecular flexibility index (Phi) is 3.89. The van der Waals surface area contributed by atoms with Crippen molar-refractivity contribution in [2.75, 3.05) is 10.5 Å². The number of anilines is 1. The van der Waals surface area contributed by atoms with Crippen LogP contribution in [0.25, 0.3) is 0 Å². The van der Waals surface area contributed by atoms with E-state index in [0.717, 1.165) is 5.56 Å². The number of rotatable bonds is 5. The zero-order chi connectivity index (χ0) is 12.2. The number of carbonyl (C=O) groups is 1. The molecule has 0 saturated heterocycles. The molecule has 0 aliphatic carbocycles. The predicted octanol–water partition coefficient (Wildman–Crippen LogP) is 1.08. The predicted molar refractivity (Wildman–Crippen MR) is 60.9 cm³/mol. The number of nitrogens with one attached hydrogen (secondary N) is 1. The van der Waals surface area contributed by atoms with Gasteiger partial charge in [-0.05, 0) is 18.1 Å². The molecule has 6 heteroatoms. The summed E-state index contributed by atoms with van der Waals surface area (Å²) in [6.07, 6.45) is 0.672. The minimum absolute atomic E-state index is 0.436. The second-order valence-corrected chi connectivity index (χ2v) is 4.99. The fourth-order valence-electron chi connectivity index (χ4n) is 1.29. The maximum Gasteiger partial charge on any atom is 0.320 e. The van der Waals surface area contributed by atoms with E-state index in [1.807, 2.05) is 6.92 Å². The molecule has 0 aliphatic rings. The number of sulfonamides is 1.